The van der Waals surface area contributed by atoms with Gasteiger partial charge in [0.2, 0.25) is 11.7 Å². The summed E-state index contributed by atoms with van der Waals surface area (Å²) in [6.07, 6.45) is 1.03. The maximum Gasteiger partial charge on any atom is 0.227 e. The van der Waals surface area contributed by atoms with E-state index >= 15 is 0 Å². The zero-order valence-corrected chi connectivity index (χ0v) is 19.3. The Balaban J connectivity index is 1.82. The molecule has 164 valence electrons. The minimum absolute atomic E-state index is 0.0486. The number of carbonyl (C=O) groups excluding carboxylic acids is 1. The van der Waals surface area contributed by atoms with Crippen LogP contribution < -0.4 is 14.2 Å². The van der Waals surface area contributed by atoms with Gasteiger partial charge >= 0.3 is 0 Å². The van der Waals surface area contributed by atoms with Gasteiger partial charge in [-0.2, -0.15) is 0 Å². The fraction of sp³-hybridized carbons (Fsp3) is 0.320. The Morgan fingerprint density at radius 3 is 2.26 bits per heavy atom. The number of nitrogens with zero attached hydrogens (tertiary/aromatic N) is 1. The van der Waals surface area contributed by atoms with Crippen LogP contribution >= 0.6 is 11.3 Å². The van der Waals surface area contributed by atoms with Crippen molar-refractivity contribution < 1.29 is 19.0 Å². The second-order valence-corrected chi connectivity index (χ2v) is 8.61. The van der Waals surface area contributed by atoms with E-state index in [0.717, 1.165) is 12.0 Å². The van der Waals surface area contributed by atoms with Crippen molar-refractivity contribution >= 4 is 17.2 Å². The van der Waals surface area contributed by atoms with Gasteiger partial charge in [-0.15, -0.1) is 11.3 Å². The van der Waals surface area contributed by atoms with Gasteiger partial charge in [-0.25, -0.2) is 0 Å². The number of amides is 1. The highest BCUT2D eigenvalue weighted by Crippen LogP contribution is 2.40. The van der Waals surface area contributed by atoms with Gasteiger partial charge in [0.15, 0.2) is 11.5 Å². The van der Waals surface area contributed by atoms with Crippen molar-refractivity contribution in [1.82, 2.24) is 4.90 Å². The highest BCUT2D eigenvalue weighted by Gasteiger charge is 2.21. The van der Waals surface area contributed by atoms with Crippen molar-refractivity contribution in [2.24, 2.45) is 0 Å². The van der Waals surface area contributed by atoms with Gasteiger partial charge in [-0.3, -0.25) is 4.79 Å². The molecule has 6 heteroatoms. The molecule has 0 radical (unpaired) electrons. The van der Waals surface area contributed by atoms with E-state index in [1.54, 1.807) is 38.7 Å². The summed E-state index contributed by atoms with van der Waals surface area (Å²) >= 11 is 1.72. The van der Waals surface area contributed by atoms with Crippen LogP contribution in [0.25, 0.3) is 0 Å². The van der Waals surface area contributed by atoms with Crippen LogP contribution in [0, 0.1) is 6.92 Å². The molecule has 0 aliphatic carbocycles. The Morgan fingerprint density at radius 1 is 0.903 bits per heavy atom. The number of hydrogen-bond acceptors (Lipinski definition) is 5. The fourth-order valence-corrected chi connectivity index (χ4v) is 4.44. The SMILES string of the molecule is COc1ccc(CC(=O)N(CCc2ccccc2)Cc2ccc(C)s2)c(OC)c1OC. The predicted molar refractivity (Wildman–Crippen MR) is 124 cm³/mol. The van der Waals surface area contributed by atoms with Crippen LogP contribution in [-0.2, 0) is 24.2 Å². The van der Waals surface area contributed by atoms with Crippen LogP contribution in [0.1, 0.15) is 20.9 Å². The second-order valence-electron chi connectivity index (χ2n) is 7.23. The molecular formula is C25H29NO4S. The number of carbonyl (C=O) groups is 1. The molecule has 0 aliphatic rings. The van der Waals surface area contributed by atoms with Gasteiger partial charge in [0, 0.05) is 21.9 Å². The maximum absolute atomic E-state index is 13.4. The second kappa shape index (κ2) is 10.9. The zero-order valence-electron chi connectivity index (χ0n) is 18.5. The molecule has 0 N–H and O–H groups in total. The first-order chi connectivity index (χ1) is 15.0. The van der Waals surface area contributed by atoms with Crippen molar-refractivity contribution in [3.8, 4) is 17.2 Å². The van der Waals surface area contributed by atoms with E-state index in [1.165, 1.54) is 15.3 Å². The highest BCUT2D eigenvalue weighted by atomic mass is 32.1. The molecule has 0 saturated heterocycles. The summed E-state index contributed by atoms with van der Waals surface area (Å²) in [4.78, 5) is 17.7. The molecule has 3 rings (SSSR count). The first-order valence-electron chi connectivity index (χ1n) is 10.2. The topological polar surface area (TPSA) is 48.0 Å². The molecule has 0 bridgehead atoms. The van der Waals surface area contributed by atoms with E-state index in [4.69, 9.17) is 14.2 Å². The molecule has 31 heavy (non-hydrogen) atoms. The molecule has 2 aromatic carbocycles. The van der Waals surface area contributed by atoms with E-state index in [1.807, 2.05) is 29.2 Å². The summed E-state index contributed by atoms with van der Waals surface area (Å²) in [7, 11) is 4.72. The Labute approximate surface area is 188 Å². The Bertz CT molecular complexity index is 1000. The first kappa shape index (κ1) is 22.7. The average molecular weight is 440 g/mol. The maximum atomic E-state index is 13.4. The van der Waals surface area contributed by atoms with E-state index in [9.17, 15) is 4.79 Å². The van der Waals surface area contributed by atoms with Crippen LogP contribution in [0.3, 0.4) is 0 Å². The summed E-state index contributed by atoms with van der Waals surface area (Å²) in [6.45, 7) is 3.33. The average Bonchev–Trinajstić information content (AvgIpc) is 3.21. The summed E-state index contributed by atoms with van der Waals surface area (Å²) in [5.74, 6) is 1.66. The summed E-state index contributed by atoms with van der Waals surface area (Å²) in [5, 5.41) is 0. The van der Waals surface area contributed by atoms with Crippen LogP contribution in [0.15, 0.2) is 54.6 Å². The van der Waals surface area contributed by atoms with Crippen LogP contribution in [0.4, 0.5) is 0 Å². The highest BCUT2D eigenvalue weighted by molar-refractivity contribution is 7.11. The molecular weight excluding hydrogens is 410 g/mol. The summed E-state index contributed by atoms with van der Waals surface area (Å²) < 4.78 is 16.4. The Kier molecular flexibility index (Phi) is 7.95. The number of thiophene rings is 1. The van der Waals surface area contributed by atoms with Crippen LogP contribution in [0.5, 0.6) is 17.2 Å². The quantitative estimate of drug-likeness (QED) is 0.451. The minimum Gasteiger partial charge on any atom is -0.493 e. The lowest BCUT2D eigenvalue weighted by atomic mass is 10.1. The van der Waals surface area contributed by atoms with Crippen molar-refractivity contribution in [2.45, 2.75) is 26.3 Å². The standard InChI is InChI=1S/C25H29NO4S/c1-18-10-12-21(31-18)17-26(15-14-19-8-6-5-7-9-19)23(27)16-20-11-13-22(28-2)25(30-4)24(20)29-3/h5-13H,14-17H2,1-4H3. The van der Waals surface area contributed by atoms with E-state index < -0.39 is 0 Å². The van der Waals surface area contributed by atoms with Crippen molar-refractivity contribution in [3.63, 3.8) is 0 Å². The van der Waals surface area contributed by atoms with Crippen molar-refractivity contribution in [3.05, 3.63) is 75.5 Å². The minimum atomic E-state index is 0.0486. The van der Waals surface area contributed by atoms with E-state index in [0.29, 0.717) is 30.3 Å². The van der Waals surface area contributed by atoms with Crippen LogP contribution in [0.2, 0.25) is 0 Å². The Morgan fingerprint density at radius 2 is 1.65 bits per heavy atom. The third-order valence-corrected chi connectivity index (χ3v) is 6.12. The number of methoxy groups -OCH3 is 3. The molecule has 1 heterocycles. The lowest BCUT2D eigenvalue weighted by Gasteiger charge is -2.23. The third-order valence-electron chi connectivity index (χ3n) is 5.14. The fourth-order valence-electron chi connectivity index (χ4n) is 3.54. The molecule has 3 aromatic rings. The molecule has 0 atom stereocenters. The zero-order chi connectivity index (χ0) is 22.2. The molecule has 0 fully saturated rings. The lowest BCUT2D eigenvalue weighted by molar-refractivity contribution is -0.131. The normalized spacial score (nSPS) is 10.6. The number of benzene rings is 2. The third kappa shape index (κ3) is 5.79. The molecule has 0 saturated carbocycles. The summed E-state index contributed by atoms with van der Waals surface area (Å²) in [5.41, 5.74) is 1.99. The first-order valence-corrected chi connectivity index (χ1v) is 11.0. The molecule has 0 unspecified atom stereocenters. The summed E-state index contributed by atoms with van der Waals surface area (Å²) in [6, 6.07) is 18.1. The van der Waals surface area contributed by atoms with E-state index in [2.05, 4.69) is 31.2 Å². The molecule has 5 nitrogen and oxygen atoms in total. The van der Waals surface area contributed by atoms with Gasteiger partial charge in [-0.1, -0.05) is 36.4 Å². The van der Waals surface area contributed by atoms with Crippen molar-refractivity contribution in [2.75, 3.05) is 27.9 Å². The van der Waals surface area contributed by atoms with E-state index in [-0.39, 0.29) is 12.3 Å². The smallest absolute Gasteiger partial charge is 0.227 e. The largest absolute Gasteiger partial charge is 0.493 e. The number of hydrogen-bond donors (Lipinski definition) is 0. The van der Waals surface area contributed by atoms with Gasteiger partial charge in [0.05, 0.1) is 34.3 Å². The Hall–Kier alpha value is -2.99. The monoisotopic (exact) mass is 439 g/mol. The van der Waals surface area contributed by atoms with Gasteiger partial charge in [0.1, 0.15) is 0 Å². The molecule has 0 aliphatic heterocycles. The van der Waals surface area contributed by atoms with Gasteiger partial charge in [-0.05, 0) is 37.1 Å². The number of aryl methyl sites for hydroxylation is 1. The van der Waals surface area contributed by atoms with Crippen molar-refractivity contribution in [1.29, 1.82) is 0 Å². The predicted octanol–water partition coefficient (Wildman–Crippen LogP) is 4.90. The lowest BCUT2D eigenvalue weighted by Crippen LogP contribution is -2.33. The number of ether oxygens (including phenoxy) is 3. The van der Waals surface area contributed by atoms with Gasteiger partial charge in [0.25, 0.3) is 0 Å². The molecule has 1 amide bonds. The molecule has 1 aromatic heterocycles. The van der Waals surface area contributed by atoms with Crippen LogP contribution in [-0.4, -0.2) is 38.7 Å². The number of rotatable bonds is 10. The van der Waals surface area contributed by atoms with Gasteiger partial charge < -0.3 is 19.1 Å². The molecule has 0 spiro atoms.